The SMILES string of the molecule is CCO[Si](CC(CC(=O)O)C(=O)O)(OCC)OCC. The fraction of sp³-hybridized carbons (Fsp3) is 0.818. The Hall–Kier alpha value is -0.963. The van der Waals surface area contributed by atoms with Crippen LogP contribution in [0.5, 0.6) is 0 Å². The Morgan fingerprint density at radius 3 is 1.68 bits per heavy atom. The number of rotatable bonds is 11. The largest absolute Gasteiger partial charge is 0.501 e. The first-order chi connectivity index (χ1) is 8.90. The van der Waals surface area contributed by atoms with Crippen LogP contribution in [0.1, 0.15) is 27.2 Å². The summed E-state index contributed by atoms with van der Waals surface area (Å²) in [4.78, 5) is 21.8. The molecule has 112 valence electrons. The molecule has 0 radical (unpaired) electrons. The molecule has 2 N–H and O–H groups in total. The van der Waals surface area contributed by atoms with Crippen molar-refractivity contribution in [2.75, 3.05) is 19.8 Å². The molecule has 0 rings (SSSR count). The normalized spacial score (nSPS) is 13.2. The molecule has 0 bridgehead atoms. The molecule has 0 saturated heterocycles. The molecule has 0 aromatic carbocycles. The Kier molecular flexibility index (Phi) is 8.57. The van der Waals surface area contributed by atoms with Crippen LogP contribution in [0.25, 0.3) is 0 Å². The molecule has 0 aromatic rings. The van der Waals surface area contributed by atoms with Gasteiger partial charge >= 0.3 is 20.7 Å². The fourth-order valence-electron chi connectivity index (χ4n) is 1.72. The lowest BCUT2D eigenvalue weighted by atomic mass is 10.1. The summed E-state index contributed by atoms with van der Waals surface area (Å²) in [6.45, 7) is 6.25. The van der Waals surface area contributed by atoms with Crippen LogP contribution in [0.15, 0.2) is 0 Å². The quantitative estimate of drug-likeness (QED) is 0.552. The first-order valence-corrected chi connectivity index (χ1v) is 8.20. The summed E-state index contributed by atoms with van der Waals surface area (Å²) in [6, 6.07) is -0.0375. The predicted octanol–water partition coefficient (Wildman–Crippen LogP) is 1.21. The van der Waals surface area contributed by atoms with Crippen molar-refractivity contribution >= 4 is 20.7 Å². The molecule has 0 fully saturated rings. The molecule has 0 amide bonds. The lowest BCUT2D eigenvalue weighted by Gasteiger charge is -2.30. The molecule has 8 heteroatoms. The minimum atomic E-state index is -3.13. The van der Waals surface area contributed by atoms with Crippen LogP contribution >= 0.6 is 0 Å². The lowest BCUT2D eigenvalue weighted by molar-refractivity contribution is -0.148. The molecule has 1 atom stereocenters. The Labute approximate surface area is 113 Å². The van der Waals surface area contributed by atoms with Gasteiger partial charge in [-0.25, -0.2) is 0 Å². The van der Waals surface area contributed by atoms with Gasteiger partial charge in [0.2, 0.25) is 0 Å². The lowest BCUT2D eigenvalue weighted by Crippen LogP contribution is -2.48. The van der Waals surface area contributed by atoms with Crippen LogP contribution < -0.4 is 0 Å². The first-order valence-electron chi connectivity index (χ1n) is 6.27. The topological polar surface area (TPSA) is 102 Å². The zero-order valence-corrected chi connectivity index (χ0v) is 12.5. The van der Waals surface area contributed by atoms with Crippen molar-refractivity contribution in [2.45, 2.75) is 33.2 Å². The number of carboxylic acids is 2. The highest BCUT2D eigenvalue weighted by atomic mass is 28.4. The van der Waals surface area contributed by atoms with Crippen LogP contribution in [0.2, 0.25) is 6.04 Å². The van der Waals surface area contributed by atoms with Crippen LogP contribution in [-0.2, 0) is 22.9 Å². The van der Waals surface area contributed by atoms with Crippen LogP contribution in [0, 0.1) is 5.92 Å². The zero-order valence-electron chi connectivity index (χ0n) is 11.5. The fourth-order valence-corrected chi connectivity index (χ4v) is 4.57. The Morgan fingerprint density at radius 1 is 1.00 bits per heavy atom. The second-order valence-electron chi connectivity index (χ2n) is 3.82. The summed E-state index contributed by atoms with van der Waals surface area (Å²) in [5, 5.41) is 17.8. The van der Waals surface area contributed by atoms with E-state index in [1.807, 2.05) is 0 Å². The smallest absolute Gasteiger partial charge is 0.481 e. The minimum absolute atomic E-state index is 0.0375. The molecule has 0 aliphatic rings. The van der Waals surface area contributed by atoms with E-state index in [0.717, 1.165) is 0 Å². The van der Waals surface area contributed by atoms with Crippen molar-refractivity contribution < 1.29 is 33.1 Å². The van der Waals surface area contributed by atoms with Gasteiger partial charge in [0, 0.05) is 25.9 Å². The molecule has 0 spiro atoms. The van der Waals surface area contributed by atoms with Gasteiger partial charge in [0.1, 0.15) is 0 Å². The van der Waals surface area contributed by atoms with Crippen molar-refractivity contribution in [3.8, 4) is 0 Å². The molecule has 0 saturated carbocycles. The molecule has 0 heterocycles. The van der Waals surface area contributed by atoms with Gasteiger partial charge in [-0.2, -0.15) is 0 Å². The third-order valence-electron chi connectivity index (χ3n) is 2.36. The van der Waals surface area contributed by atoms with Crippen molar-refractivity contribution in [3.63, 3.8) is 0 Å². The molecule has 0 aliphatic heterocycles. The van der Waals surface area contributed by atoms with Crippen LogP contribution in [0.3, 0.4) is 0 Å². The Bertz CT molecular complexity index is 278. The Morgan fingerprint density at radius 2 is 1.42 bits per heavy atom. The number of aliphatic carboxylic acids is 2. The second kappa shape index (κ2) is 9.02. The van der Waals surface area contributed by atoms with Gasteiger partial charge in [-0.15, -0.1) is 0 Å². The minimum Gasteiger partial charge on any atom is -0.481 e. The van der Waals surface area contributed by atoms with Gasteiger partial charge in [0.25, 0.3) is 0 Å². The number of hydrogen-bond donors (Lipinski definition) is 2. The molecule has 0 aromatic heterocycles. The number of carbonyl (C=O) groups is 2. The van der Waals surface area contributed by atoms with Gasteiger partial charge in [0.15, 0.2) is 0 Å². The van der Waals surface area contributed by atoms with E-state index in [9.17, 15) is 9.59 Å². The second-order valence-corrected chi connectivity index (χ2v) is 6.46. The summed E-state index contributed by atoms with van der Waals surface area (Å²) in [6.07, 6.45) is -0.475. The van der Waals surface area contributed by atoms with Crippen molar-refractivity contribution in [2.24, 2.45) is 5.92 Å². The molecule has 19 heavy (non-hydrogen) atoms. The molecular weight excluding hydrogens is 272 g/mol. The van der Waals surface area contributed by atoms with E-state index >= 15 is 0 Å². The average Bonchev–Trinajstić information content (AvgIpc) is 2.28. The number of carboxylic acid groups (broad SMARTS) is 2. The summed E-state index contributed by atoms with van der Waals surface area (Å²) in [7, 11) is -3.13. The maximum absolute atomic E-state index is 11.1. The summed E-state index contributed by atoms with van der Waals surface area (Å²) in [5.74, 6) is -3.42. The zero-order chi connectivity index (χ0) is 14.9. The maximum Gasteiger partial charge on any atom is 0.501 e. The Balaban J connectivity index is 4.99. The molecule has 7 nitrogen and oxygen atoms in total. The summed E-state index contributed by atoms with van der Waals surface area (Å²) >= 11 is 0. The monoisotopic (exact) mass is 294 g/mol. The summed E-state index contributed by atoms with van der Waals surface area (Å²) in [5.41, 5.74) is 0. The predicted molar refractivity (Wildman–Crippen MR) is 68.8 cm³/mol. The number of hydrogen-bond acceptors (Lipinski definition) is 5. The summed E-state index contributed by atoms with van der Waals surface area (Å²) < 4.78 is 16.5. The van der Waals surface area contributed by atoms with E-state index in [1.165, 1.54) is 0 Å². The van der Waals surface area contributed by atoms with Gasteiger partial charge in [-0.05, 0) is 20.8 Å². The van der Waals surface area contributed by atoms with Gasteiger partial charge < -0.3 is 23.5 Å². The van der Waals surface area contributed by atoms with Crippen molar-refractivity contribution in [3.05, 3.63) is 0 Å². The van der Waals surface area contributed by atoms with Gasteiger partial charge in [-0.1, -0.05) is 0 Å². The standard InChI is InChI=1S/C11H22O7Si/c1-4-16-19(17-5-2,18-6-3)8-9(11(14)15)7-10(12)13/h9H,4-8H2,1-3H3,(H,12,13)(H,14,15). The maximum atomic E-state index is 11.1. The first kappa shape index (κ1) is 18.0. The van der Waals surface area contributed by atoms with Gasteiger partial charge in [0.05, 0.1) is 12.3 Å². The van der Waals surface area contributed by atoms with Crippen LogP contribution in [-0.4, -0.2) is 50.8 Å². The third kappa shape index (κ3) is 6.67. The van der Waals surface area contributed by atoms with Crippen molar-refractivity contribution in [1.29, 1.82) is 0 Å². The van der Waals surface area contributed by atoms with E-state index in [1.54, 1.807) is 20.8 Å². The van der Waals surface area contributed by atoms with E-state index in [2.05, 4.69) is 0 Å². The molecule has 0 aliphatic carbocycles. The van der Waals surface area contributed by atoms with E-state index in [0.29, 0.717) is 19.8 Å². The highest BCUT2D eigenvalue weighted by Gasteiger charge is 2.45. The van der Waals surface area contributed by atoms with Crippen LogP contribution in [0.4, 0.5) is 0 Å². The third-order valence-corrected chi connectivity index (χ3v) is 5.54. The molecule has 1 unspecified atom stereocenters. The highest BCUT2D eigenvalue weighted by molar-refractivity contribution is 6.61. The van der Waals surface area contributed by atoms with Gasteiger partial charge in [-0.3, -0.25) is 9.59 Å². The highest BCUT2D eigenvalue weighted by Crippen LogP contribution is 2.24. The van der Waals surface area contributed by atoms with E-state index in [4.69, 9.17) is 23.5 Å². The average molecular weight is 294 g/mol. The molecular formula is C11H22O7Si. The van der Waals surface area contributed by atoms with E-state index < -0.39 is 33.1 Å². The van der Waals surface area contributed by atoms with Crippen molar-refractivity contribution in [1.82, 2.24) is 0 Å². The van der Waals surface area contributed by atoms with E-state index in [-0.39, 0.29) is 6.04 Å².